The molecule has 5 rings (SSSR count). The standard InChI is InChI=1S/C28H28N3/c1-20(2)23-14-8-10-16-25(23)31-26-17-11-9-15-24(26)21(3)27(31)28-29(4)18-19-30(28)22-12-6-5-7-13-22/h5-20H,1-4H3/q+1. The van der Waals surface area contributed by atoms with Crippen LogP contribution in [0.25, 0.3) is 33.8 Å². The molecule has 0 radical (unpaired) electrons. The fraction of sp³-hybridized carbons (Fsp3) is 0.179. The predicted octanol–water partition coefficient (Wildman–Crippen LogP) is 6.34. The summed E-state index contributed by atoms with van der Waals surface area (Å²) in [4.78, 5) is 0. The molecule has 0 fully saturated rings. The van der Waals surface area contributed by atoms with Gasteiger partial charge in [-0.1, -0.05) is 68.4 Å². The third kappa shape index (κ3) is 3.09. The Balaban J connectivity index is 1.91. The normalized spacial score (nSPS) is 11.5. The largest absolute Gasteiger partial charge is 0.311 e. The Bertz CT molecular complexity index is 1370. The van der Waals surface area contributed by atoms with Crippen LogP contribution in [0.4, 0.5) is 0 Å². The Hall–Kier alpha value is -3.59. The molecule has 3 heteroatoms. The van der Waals surface area contributed by atoms with Crippen molar-refractivity contribution in [2.45, 2.75) is 26.7 Å². The second kappa shape index (κ2) is 7.59. The maximum Gasteiger partial charge on any atom is 0.311 e. The number of imidazole rings is 1. The smallest absolute Gasteiger partial charge is 0.302 e. The molecular formula is C28H28N3+. The molecule has 0 amide bonds. The van der Waals surface area contributed by atoms with Gasteiger partial charge in [0, 0.05) is 11.1 Å². The van der Waals surface area contributed by atoms with Crippen LogP contribution >= 0.6 is 0 Å². The lowest BCUT2D eigenvalue weighted by atomic mass is 10.0. The van der Waals surface area contributed by atoms with Crippen LogP contribution in [-0.4, -0.2) is 9.13 Å². The minimum atomic E-state index is 0.431. The van der Waals surface area contributed by atoms with Gasteiger partial charge in [-0.15, -0.1) is 0 Å². The fourth-order valence-corrected chi connectivity index (χ4v) is 4.65. The number of hydrogen-bond acceptors (Lipinski definition) is 0. The number of aryl methyl sites for hydroxylation is 2. The lowest BCUT2D eigenvalue weighted by Crippen LogP contribution is -2.30. The van der Waals surface area contributed by atoms with Crippen LogP contribution < -0.4 is 4.57 Å². The van der Waals surface area contributed by atoms with E-state index in [1.807, 2.05) is 0 Å². The van der Waals surface area contributed by atoms with Gasteiger partial charge in [0.15, 0.2) is 0 Å². The Morgan fingerprint density at radius 3 is 2.26 bits per heavy atom. The maximum absolute atomic E-state index is 2.45. The topological polar surface area (TPSA) is 13.7 Å². The molecule has 0 unspecified atom stereocenters. The van der Waals surface area contributed by atoms with Gasteiger partial charge < -0.3 is 4.57 Å². The van der Waals surface area contributed by atoms with Crippen LogP contribution in [0, 0.1) is 6.92 Å². The highest BCUT2D eigenvalue weighted by Gasteiger charge is 2.28. The van der Waals surface area contributed by atoms with Gasteiger partial charge in [0.05, 0.1) is 12.6 Å². The molecule has 2 heterocycles. The molecule has 0 spiro atoms. The molecule has 0 aliphatic heterocycles. The van der Waals surface area contributed by atoms with E-state index in [0.717, 1.165) is 5.69 Å². The first kappa shape index (κ1) is 19.4. The van der Waals surface area contributed by atoms with E-state index >= 15 is 0 Å². The molecule has 0 aliphatic carbocycles. The van der Waals surface area contributed by atoms with Gasteiger partial charge in [-0.2, -0.15) is 4.57 Å². The van der Waals surface area contributed by atoms with Crippen molar-refractivity contribution in [2.24, 2.45) is 7.05 Å². The minimum Gasteiger partial charge on any atom is -0.302 e. The highest BCUT2D eigenvalue weighted by molar-refractivity contribution is 5.92. The zero-order chi connectivity index (χ0) is 21.5. The Labute approximate surface area is 183 Å². The second-order valence-corrected chi connectivity index (χ2v) is 8.48. The monoisotopic (exact) mass is 406 g/mol. The molecule has 5 aromatic rings. The Kier molecular flexibility index (Phi) is 4.74. The summed E-state index contributed by atoms with van der Waals surface area (Å²) in [7, 11) is 2.13. The first-order valence-corrected chi connectivity index (χ1v) is 10.9. The summed E-state index contributed by atoms with van der Waals surface area (Å²) >= 11 is 0. The van der Waals surface area contributed by atoms with Crippen molar-refractivity contribution in [3.05, 3.63) is 102 Å². The molecule has 0 saturated heterocycles. The van der Waals surface area contributed by atoms with E-state index in [4.69, 9.17) is 0 Å². The van der Waals surface area contributed by atoms with Gasteiger partial charge in [-0.05, 0) is 48.2 Å². The van der Waals surface area contributed by atoms with Gasteiger partial charge in [-0.25, -0.2) is 4.57 Å². The van der Waals surface area contributed by atoms with E-state index in [9.17, 15) is 0 Å². The van der Waals surface area contributed by atoms with Crippen LogP contribution in [0.2, 0.25) is 0 Å². The predicted molar refractivity (Wildman–Crippen MR) is 128 cm³/mol. The number of hydrogen-bond donors (Lipinski definition) is 0. The number of fused-ring (bicyclic) bond motifs is 1. The summed E-state index contributed by atoms with van der Waals surface area (Å²) < 4.78 is 6.97. The van der Waals surface area contributed by atoms with E-state index < -0.39 is 0 Å². The summed E-state index contributed by atoms with van der Waals surface area (Å²) in [6, 6.07) is 28.1. The minimum absolute atomic E-state index is 0.431. The van der Waals surface area contributed by atoms with Gasteiger partial charge in [0.1, 0.15) is 23.8 Å². The average Bonchev–Trinajstić information content (AvgIpc) is 3.31. The molecule has 0 N–H and O–H groups in total. The number of benzene rings is 3. The van der Waals surface area contributed by atoms with Crippen LogP contribution in [0.15, 0.2) is 91.3 Å². The van der Waals surface area contributed by atoms with Crippen molar-refractivity contribution >= 4 is 10.9 Å². The summed E-state index contributed by atoms with van der Waals surface area (Å²) in [6.45, 7) is 6.78. The number of aromatic nitrogens is 3. The van der Waals surface area contributed by atoms with Crippen LogP contribution in [0.1, 0.15) is 30.9 Å². The third-order valence-electron chi connectivity index (χ3n) is 6.18. The molecule has 0 bridgehead atoms. The molecular weight excluding hydrogens is 378 g/mol. The molecule has 3 aromatic carbocycles. The first-order valence-electron chi connectivity index (χ1n) is 10.9. The number of rotatable bonds is 4. The van der Waals surface area contributed by atoms with Gasteiger partial charge in [0.25, 0.3) is 0 Å². The van der Waals surface area contributed by atoms with Crippen LogP contribution in [0.3, 0.4) is 0 Å². The molecule has 0 aliphatic rings. The first-order chi connectivity index (χ1) is 15.1. The molecule has 154 valence electrons. The van der Waals surface area contributed by atoms with Crippen molar-refractivity contribution in [3.63, 3.8) is 0 Å². The highest BCUT2D eigenvalue weighted by Crippen LogP contribution is 2.37. The SMILES string of the molecule is Cc1c(-c2n(-c3ccccc3)cc[n+]2C)n(-c2ccccc2C(C)C)c2ccccc12. The zero-order valence-electron chi connectivity index (χ0n) is 18.6. The van der Waals surface area contributed by atoms with Gasteiger partial charge >= 0.3 is 5.82 Å². The van der Waals surface area contributed by atoms with Crippen LogP contribution in [0.5, 0.6) is 0 Å². The lowest BCUT2D eigenvalue weighted by molar-refractivity contribution is -0.659. The van der Waals surface area contributed by atoms with Gasteiger partial charge in [0.2, 0.25) is 0 Å². The summed E-state index contributed by atoms with van der Waals surface area (Å²) in [5, 5.41) is 1.29. The molecule has 0 atom stereocenters. The van der Waals surface area contributed by atoms with E-state index in [2.05, 4.69) is 133 Å². The van der Waals surface area contributed by atoms with Crippen molar-refractivity contribution in [2.75, 3.05) is 0 Å². The van der Waals surface area contributed by atoms with Crippen molar-refractivity contribution in [3.8, 4) is 22.9 Å². The Morgan fingerprint density at radius 2 is 1.48 bits per heavy atom. The molecule has 0 saturated carbocycles. The summed E-state index contributed by atoms with van der Waals surface area (Å²) in [5.41, 5.74) is 7.52. The zero-order valence-corrected chi connectivity index (χ0v) is 18.6. The molecule has 3 nitrogen and oxygen atoms in total. The van der Waals surface area contributed by atoms with E-state index in [-0.39, 0.29) is 0 Å². The average molecular weight is 407 g/mol. The Morgan fingerprint density at radius 1 is 0.806 bits per heavy atom. The van der Waals surface area contributed by atoms with Crippen LogP contribution in [-0.2, 0) is 7.05 Å². The van der Waals surface area contributed by atoms with E-state index in [1.54, 1.807) is 0 Å². The summed E-state index contributed by atoms with van der Waals surface area (Å²) in [6.07, 6.45) is 4.29. The molecule has 2 aromatic heterocycles. The number of nitrogens with zero attached hydrogens (tertiary/aromatic N) is 3. The van der Waals surface area contributed by atoms with Crippen molar-refractivity contribution < 1.29 is 4.57 Å². The third-order valence-corrected chi connectivity index (χ3v) is 6.18. The molecule has 31 heavy (non-hydrogen) atoms. The van der Waals surface area contributed by atoms with Crippen molar-refractivity contribution in [1.29, 1.82) is 0 Å². The fourth-order valence-electron chi connectivity index (χ4n) is 4.65. The lowest BCUT2D eigenvalue weighted by Gasteiger charge is -2.17. The highest BCUT2D eigenvalue weighted by atomic mass is 15.2. The van der Waals surface area contributed by atoms with Crippen molar-refractivity contribution in [1.82, 2.24) is 9.13 Å². The quantitative estimate of drug-likeness (QED) is 0.309. The van der Waals surface area contributed by atoms with Gasteiger partial charge in [-0.3, -0.25) is 0 Å². The summed E-state index contributed by atoms with van der Waals surface area (Å²) in [5.74, 6) is 1.60. The van der Waals surface area contributed by atoms with E-state index in [0.29, 0.717) is 5.92 Å². The van der Waals surface area contributed by atoms with E-state index in [1.165, 1.54) is 39.2 Å². The maximum atomic E-state index is 2.45. The second-order valence-electron chi connectivity index (χ2n) is 8.48. The number of para-hydroxylation sites is 3.